The van der Waals surface area contributed by atoms with E-state index in [-0.39, 0.29) is 0 Å². The van der Waals surface area contributed by atoms with Crippen LogP contribution in [0.25, 0.3) is 6.08 Å². The number of hydrogen-bond donors (Lipinski definition) is 0. The molecule has 0 heterocycles. The predicted octanol–water partition coefficient (Wildman–Crippen LogP) is 4.05. The van der Waals surface area contributed by atoms with Crippen LogP contribution in [0.5, 0.6) is 0 Å². The molecule has 0 nitrogen and oxygen atoms in total. The van der Waals surface area contributed by atoms with E-state index >= 15 is 0 Å². The molecule has 70 valence electrons. The lowest BCUT2D eigenvalue weighted by Gasteiger charge is -2.04. The Hall–Kier alpha value is -1.04. The van der Waals surface area contributed by atoms with Gasteiger partial charge in [-0.1, -0.05) is 55.3 Å². The van der Waals surface area contributed by atoms with Gasteiger partial charge in [0, 0.05) is 0 Å². The summed E-state index contributed by atoms with van der Waals surface area (Å²) in [6.07, 6.45) is 2.25. The minimum absolute atomic E-state index is 0.640. The lowest BCUT2D eigenvalue weighted by atomic mass is 10.0. The summed E-state index contributed by atoms with van der Waals surface area (Å²) in [7, 11) is 0. The van der Waals surface area contributed by atoms with Crippen molar-refractivity contribution in [2.75, 3.05) is 0 Å². The number of hydrogen-bond acceptors (Lipinski definition) is 0. The molecule has 0 radical (unpaired) electrons. The molecule has 0 aromatic heterocycles. The third kappa shape index (κ3) is 3.06. The Balaban J connectivity index is 2.85. The van der Waals surface area contributed by atoms with Crippen LogP contribution in [-0.2, 0) is 0 Å². The second-order valence-corrected chi connectivity index (χ2v) is 3.95. The average Bonchev–Trinajstić information content (AvgIpc) is 2.08. The minimum Gasteiger partial charge on any atom is -0.0702 e. The van der Waals surface area contributed by atoms with Gasteiger partial charge in [-0.15, -0.1) is 0 Å². The fourth-order valence-electron chi connectivity index (χ4n) is 1.09. The Morgan fingerprint density at radius 2 is 1.69 bits per heavy atom. The van der Waals surface area contributed by atoms with Gasteiger partial charge in [0.05, 0.1) is 0 Å². The lowest BCUT2D eigenvalue weighted by molar-refractivity contribution is 0.776. The van der Waals surface area contributed by atoms with Gasteiger partial charge in [-0.3, -0.25) is 0 Å². The van der Waals surface area contributed by atoms with E-state index in [1.165, 1.54) is 16.7 Å². The fraction of sp³-hybridized carbons (Fsp3) is 0.385. The van der Waals surface area contributed by atoms with Gasteiger partial charge in [0.2, 0.25) is 0 Å². The van der Waals surface area contributed by atoms with Gasteiger partial charge in [0.1, 0.15) is 0 Å². The zero-order chi connectivity index (χ0) is 9.84. The topological polar surface area (TPSA) is 0 Å². The van der Waals surface area contributed by atoms with Crippen LogP contribution in [0.1, 0.15) is 31.9 Å². The third-order valence-corrected chi connectivity index (χ3v) is 2.38. The van der Waals surface area contributed by atoms with Crippen LogP contribution in [0.2, 0.25) is 0 Å². The number of benzene rings is 1. The molecule has 0 fully saturated rings. The van der Waals surface area contributed by atoms with Crippen molar-refractivity contribution in [1.82, 2.24) is 0 Å². The monoisotopic (exact) mass is 174 g/mol. The lowest BCUT2D eigenvalue weighted by Crippen LogP contribution is -1.87. The Morgan fingerprint density at radius 1 is 1.15 bits per heavy atom. The summed E-state index contributed by atoms with van der Waals surface area (Å²) in [5.74, 6) is 0.640. The first-order valence-corrected chi connectivity index (χ1v) is 4.84. The van der Waals surface area contributed by atoms with E-state index < -0.39 is 0 Å². The summed E-state index contributed by atoms with van der Waals surface area (Å²) in [6, 6.07) is 8.64. The highest BCUT2D eigenvalue weighted by atomic mass is 14.0. The highest BCUT2D eigenvalue weighted by Gasteiger charge is 1.95. The van der Waals surface area contributed by atoms with Crippen molar-refractivity contribution in [3.05, 3.63) is 41.0 Å². The van der Waals surface area contributed by atoms with E-state index in [4.69, 9.17) is 0 Å². The van der Waals surface area contributed by atoms with Crippen molar-refractivity contribution in [1.29, 1.82) is 0 Å². The first-order chi connectivity index (χ1) is 6.09. The summed E-state index contributed by atoms with van der Waals surface area (Å²) in [4.78, 5) is 0. The third-order valence-electron chi connectivity index (χ3n) is 2.38. The molecule has 0 saturated heterocycles. The zero-order valence-corrected chi connectivity index (χ0v) is 8.96. The highest BCUT2D eigenvalue weighted by Crippen LogP contribution is 2.14. The van der Waals surface area contributed by atoms with Gasteiger partial charge < -0.3 is 0 Å². The van der Waals surface area contributed by atoms with E-state index in [0.29, 0.717) is 5.92 Å². The normalized spacial score (nSPS) is 12.2. The molecule has 0 unspecified atom stereocenters. The fourth-order valence-corrected chi connectivity index (χ4v) is 1.09. The van der Waals surface area contributed by atoms with E-state index in [1.807, 2.05) is 0 Å². The summed E-state index contributed by atoms with van der Waals surface area (Å²) >= 11 is 0. The van der Waals surface area contributed by atoms with Gasteiger partial charge in [-0.05, 0) is 25.3 Å². The number of allylic oxidation sites excluding steroid dienone is 1. The molecule has 0 aliphatic rings. The van der Waals surface area contributed by atoms with Gasteiger partial charge in [-0.25, -0.2) is 0 Å². The second-order valence-electron chi connectivity index (χ2n) is 3.95. The molecular weight excluding hydrogens is 156 g/mol. The Bertz CT molecular complexity index is 288. The molecule has 0 amide bonds. The molecule has 0 saturated carbocycles. The van der Waals surface area contributed by atoms with Crippen LogP contribution in [0.15, 0.2) is 29.8 Å². The van der Waals surface area contributed by atoms with E-state index in [0.717, 1.165) is 0 Å². The van der Waals surface area contributed by atoms with Crippen LogP contribution < -0.4 is 0 Å². The summed E-state index contributed by atoms with van der Waals surface area (Å²) in [5, 5.41) is 0. The first kappa shape index (κ1) is 10.0. The molecule has 1 aromatic carbocycles. The smallest absolute Gasteiger partial charge is 0.0257 e. The van der Waals surface area contributed by atoms with Gasteiger partial charge in [-0.2, -0.15) is 0 Å². The molecule has 1 rings (SSSR count). The van der Waals surface area contributed by atoms with Crippen molar-refractivity contribution >= 4 is 6.08 Å². The van der Waals surface area contributed by atoms with Crippen LogP contribution >= 0.6 is 0 Å². The van der Waals surface area contributed by atoms with Crippen molar-refractivity contribution in [2.45, 2.75) is 27.7 Å². The maximum Gasteiger partial charge on any atom is -0.0257 e. The number of rotatable bonds is 2. The van der Waals surface area contributed by atoms with Crippen molar-refractivity contribution in [2.24, 2.45) is 5.92 Å². The second kappa shape index (κ2) is 4.27. The van der Waals surface area contributed by atoms with Crippen LogP contribution in [-0.4, -0.2) is 0 Å². The average molecular weight is 174 g/mol. The minimum atomic E-state index is 0.640. The predicted molar refractivity (Wildman–Crippen MR) is 59.7 cm³/mol. The highest BCUT2D eigenvalue weighted by molar-refractivity contribution is 5.53. The molecule has 0 N–H and O–H groups in total. The van der Waals surface area contributed by atoms with Crippen LogP contribution in [0, 0.1) is 12.8 Å². The molecule has 0 aliphatic heterocycles. The van der Waals surface area contributed by atoms with E-state index in [9.17, 15) is 0 Å². The van der Waals surface area contributed by atoms with Gasteiger partial charge in [0.25, 0.3) is 0 Å². The molecule has 0 aliphatic carbocycles. The molecule has 1 aromatic rings. The van der Waals surface area contributed by atoms with Crippen molar-refractivity contribution < 1.29 is 0 Å². The SMILES string of the molecule is C/C(=C\c1ccc(C)cc1)C(C)C. The Kier molecular flexibility index (Phi) is 3.30. The molecule has 0 bridgehead atoms. The Labute approximate surface area is 81.3 Å². The van der Waals surface area contributed by atoms with Crippen molar-refractivity contribution in [3.63, 3.8) is 0 Å². The molecule has 0 heteroatoms. The Morgan fingerprint density at radius 3 is 2.15 bits per heavy atom. The maximum absolute atomic E-state index is 2.25. The largest absolute Gasteiger partial charge is 0.0702 e. The van der Waals surface area contributed by atoms with Gasteiger partial charge >= 0.3 is 0 Å². The zero-order valence-electron chi connectivity index (χ0n) is 8.96. The number of aryl methyl sites for hydroxylation is 1. The van der Waals surface area contributed by atoms with E-state index in [2.05, 4.69) is 58.0 Å². The summed E-state index contributed by atoms with van der Waals surface area (Å²) < 4.78 is 0. The summed E-state index contributed by atoms with van der Waals surface area (Å²) in [5.41, 5.74) is 4.06. The quantitative estimate of drug-likeness (QED) is 0.634. The maximum atomic E-state index is 2.25. The first-order valence-electron chi connectivity index (χ1n) is 4.84. The van der Waals surface area contributed by atoms with Crippen molar-refractivity contribution in [3.8, 4) is 0 Å². The van der Waals surface area contributed by atoms with E-state index in [1.54, 1.807) is 0 Å². The summed E-state index contributed by atoms with van der Waals surface area (Å²) in [6.45, 7) is 8.74. The molecular formula is C13H18. The van der Waals surface area contributed by atoms with Crippen LogP contribution in [0.3, 0.4) is 0 Å². The van der Waals surface area contributed by atoms with Gasteiger partial charge in [0.15, 0.2) is 0 Å². The molecule has 13 heavy (non-hydrogen) atoms. The molecule has 0 atom stereocenters. The molecule has 0 spiro atoms. The standard InChI is InChI=1S/C13H18/c1-10(2)12(4)9-13-7-5-11(3)6-8-13/h5-10H,1-4H3/b12-9+. The van der Waals surface area contributed by atoms with Crippen LogP contribution in [0.4, 0.5) is 0 Å².